The monoisotopic (exact) mass is 478 g/mol. The maximum absolute atomic E-state index is 12.8. The summed E-state index contributed by atoms with van der Waals surface area (Å²) in [6.45, 7) is 10.0. The first-order valence-electron chi connectivity index (χ1n) is 12.1. The molecule has 2 heterocycles. The van der Waals surface area contributed by atoms with Crippen LogP contribution in [0.4, 0.5) is 4.39 Å². The average molecular weight is 479 g/mol. The highest BCUT2D eigenvalue weighted by molar-refractivity contribution is 6.26. The van der Waals surface area contributed by atoms with Gasteiger partial charge in [-0.1, -0.05) is 23.4 Å². The Kier molecular flexibility index (Phi) is 10.7. The lowest BCUT2D eigenvalue weighted by Crippen LogP contribution is -2.37. The molecular weight excluding hydrogens is 443 g/mol. The van der Waals surface area contributed by atoms with E-state index in [-0.39, 0.29) is 12.5 Å². The van der Waals surface area contributed by atoms with Crippen molar-refractivity contribution < 1.29 is 9.23 Å². The van der Waals surface area contributed by atoms with E-state index in [1.54, 1.807) is 18.5 Å². The third-order valence-electron chi connectivity index (χ3n) is 5.94. The minimum atomic E-state index is -0.221. The third kappa shape index (κ3) is 8.19. The number of nitrogens with two attached hydrogens (primary N) is 1. The molecular formula is C27H35FN6O. The predicted octanol–water partition coefficient (Wildman–Crippen LogP) is 4.86. The molecule has 2 N–H and O–H groups in total. The molecule has 2 fully saturated rings. The van der Waals surface area contributed by atoms with Crippen molar-refractivity contribution in [3.8, 4) is 11.1 Å². The van der Waals surface area contributed by atoms with Crippen LogP contribution in [0.2, 0.25) is 0 Å². The smallest absolute Gasteiger partial charge is 0.123 e. The molecule has 1 saturated carbocycles. The van der Waals surface area contributed by atoms with Gasteiger partial charge in [0.25, 0.3) is 0 Å². The van der Waals surface area contributed by atoms with Gasteiger partial charge in [0.1, 0.15) is 12.4 Å². The van der Waals surface area contributed by atoms with Crippen LogP contribution in [0.1, 0.15) is 39.0 Å². The van der Waals surface area contributed by atoms with E-state index in [9.17, 15) is 4.39 Å². The van der Waals surface area contributed by atoms with Crippen LogP contribution in [0.15, 0.2) is 75.2 Å². The van der Waals surface area contributed by atoms with Crippen LogP contribution in [-0.4, -0.2) is 60.9 Å². The van der Waals surface area contributed by atoms with Crippen molar-refractivity contribution in [3.63, 3.8) is 0 Å². The van der Waals surface area contributed by atoms with Crippen LogP contribution >= 0.6 is 0 Å². The van der Waals surface area contributed by atoms with Gasteiger partial charge in [-0.2, -0.15) is 0 Å². The quantitative estimate of drug-likeness (QED) is 0.333. The lowest BCUT2D eigenvalue weighted by Gasteiger charge is -2.30. The Balaban J connectivity index is 0.000000223. The molecule has 0 atom stereocenters. The highest BCUT2D eigenvalue weighted by Gasteiger charge is 2.22. The van der Waals surface area contributed by atoms with Crippen LogP contribution in [0.3, 0.4) is 0 Å². The number of oxime groups is 1. The van der Waals surface area contributed by atoms with Gasteiger partial charge >= 0.3 is 0 Å². The molecule has 0 amide bonds. The average Bonchev–Trinajstić information content (AvgIpc) is 2.86. The van der Waals surface area contributed by atoms with E-state index in [2.05, 4.69) is 31.7 Å². The van der Waals surface area contributed by atoms with Crippen molar-refractivity contribution in [1.82, 2.24) is 9.88 Å². The normalized spacial score (nSPS) is 19.5. The first-order chi connectivity index (χ1) is 17.1. The fourth-order valence-electron chi connectivity index (χ4n) is 3.98. The van der Waals surface area contributed by atoms with E-state index in [1.807, 2.05) is 25.1 Å². The number of rotatable bonds is 8. The van der Waals surface area contributed by atoms with Gasteiger partial charge in [0.2, 0.25) is 0 Å². The molecule has 0 bridgehead atoms. The van der Waals surface area contributed by atoms with E-state index in [1.165, 1.54) is 31.6 Å². The molecule has 1 saturated heterocycles. The third-order valence-corrected chi connectivity index (χ3v) is 5.94. The molecule has 7 nitrogen and oxygen atoms in total. The Morgan fingerprint density at radius 1 is 1.14 bits per heavy atom. The molecule has 35 heavy (non-hydrogen) atoms. The van der Waals surface area contributed by atoms with Crippen LogP contribution in [-0.2, 0) is 4.84 Å². The molecule has 0 spiro atoms. The van der Waals surface area contributed by atoms with Gasteiger partial charge in [-0.3, -0.25) is 15.0 Å². The topological polar surface area (TPSA) is 88.5 Å². The van der Waals surface area contributed by atoms with Crippen LogP contribution in [0, 0.1) is 5.82 Å². The molecule has 0 unspecified atom stereocenters. The summed E-state index contributed by atoms with van der Waals surface area (Å²) in [6, 6.07) is 10.2. The molecule has 0 radical (unpaired) electrons. The van der Waals surface area contributed by atoms with Gasteiger partial charge in [-0.05, 0) is 82.6 Å². The molecule has 4 rings (SSSR count). The zero-order valence-corrected chi connectivity index (χ0v) is 20.5. The second-order valence-corrected chi connectivity index (χ2v) is 8.43. The summed E-state index contributed by atoms with van der Waals surface area (Å²) in [6.07, 6.45) is 8.57. The second-order valence-electron chi connectivity index (χ2n) is 8.43. The van der Waals surface area contributed by atoms with E-state index >= 15 is 0 Å². The predicted molar refractivity (Wildman–Crippen MR) is 141 cm³/mol. The minimum absolute atomic E-state index is 0.221. The maximum atomic E-state index is 12.8. The fourth-order valence-corrected chi connectivity index (χ4v) is 3.98. The van der Waals surface area contributed by atoms with Gasteiger partial charge in [0.05, 0.1) is 12.4 Å². The number of aliphatic imine (C=N–C) groups is 2. The van der Waals surface area contributed by atoms with Crippen molar-refractivity contribution in [1.29, 1.82) is 0 Å². The van der Waals surface area contributed by atoms with Gasteiger partial charge in [0.15, 0.2) is 0 Å². The molecule has 1 aromatic carbocycles. The fraction of sp³-hybridized carbons (Fsp3) is 0.407. The zero-order chi connectivity index (χ0) is 24.9. The highest BCUT2D eigenvalue weighted by atomic mass is 19.1. The van der Waals surface area contributed by atoms with Gasteiger partial charge in [-0.25, -0.2) is 4.39 Å². The largest absolute Gasteiger partial charge is 0.396 e. The summed E-state index contributed by atoms with van der Waals surface area (Å²) in [5, 5.41) is 4.34. The number of aromatic nitrogens is 1. The Morgan fingerprint density at radius 3 is 2.60 bits per heavy atom. The summed E-state index contributed by atoms with van der Waals surface area (Å²) in [5.41, 5.74) is 11.1. The Hall–Kier alpha value is -3.23. The zero-order valence-electron chi connectivity index (χ0n) is 20.5. The Labute approximate surface area is 207 Å². The number of hydrogen-bond acceptors (Lipinski definition) is 7. The molecule has 1 aliphatic carbocycles. The molecule has 186 valence electrons. The van der Waals surface area contributed by atoms with Crippen LogP contribution < -0.4 is 5.73 Å². The SMILES string of the molecule is C=N/C(C)=C1C(=N/CN)\CCCC\1=N/OCCCN1CCC1.Fc1cccc(-c2cccnc2)c1. The number of likely N-dealkylation sites (tertiary alicyclic amines) is 1. The second kappa shape index (κ2) is 14.2. The highest BCUT2D eigenvalue weighted by Crippen LogP contribution is 2.23. The standard InChI is InChI=1S/C16H27N5O.C11H8FN/c1-13(18-2)16-14(19-12-17)6-3-7-15(16)20-22-11-5-10-21-8-4-9-21;12-11-5-1-3-9(7-11)10-4-2-6-13-8-10/h2-12,17H2,1H3;1-8H/b16-13+,19-14-,20-15+;. The number of benzene rings is 1. The summed E-state index contributed by atoms with van der Waals surface area (Å²) in [7, 11) is 0. The molecule has 1 aliphatic heterocycles. The van der Waals surface area contributed by atoms with Gasteiger partial charge in [-0.15, -0.1) is 0 Å². The van der Waals surface area contributed by atoms with Crippen LogP contribution in [0.5, 0.6) is 0 Å². The lowest BCUT2D eigenvalue weighted by atomic mass is 9.89. The van der Waals surface area contributed by atoms with Crippen molar-refractivity contribution in [2.24, 2.45) is 20.9 Å². The Morgan fingerprint density at radius 2 is 1.94 bits per heavy atom. The van der Waals surface area contributed by atoms with Gasteiger partial charge < -0.3 is 15.5 Å². The van der Waals surface area contributed by atoms with E-state index < -0.39 is 0 Å². The summed E-state index contributed by atoms with van der Waals surface area (Å²) >= 11 is 0. The van der Waals surface area contributed by atoms with E-state index in [4.69, 9.17) is 10.6 Å². The maximum Gasteiger partial charge on any atom is 0.123 e. The minimum Gasteiger partial charge on any atom is -0.396 e. The molecule has 1 aromatic heterocycles. The molecule has 2 aliphatic rings. The molecule has 2 aromatic rings. The number of hydrogen-bond donors (Lipinski definition) is 1. The van der Waals surface area contributed by atoms with E-state index in [0.29, 0.717) is 6.61 Å². The van der Waals surface area contributed by atoms with Crippen molar-refractivity contribution in [2.45, 2.75) is 39.0 Å². The van der Waals surface area contributed by atoms with Gasteiger partial charge in [0, 0.05) is 41.5 Å². The number of halogens is 1. The van der Waals surface area contributed by atoms with Crippen molar-refractivity contribution in [3.05, 3.63) is 65.9 Å². The Bertz CT molecular complexity index is 1050. The summed E-state index contributed by atoms with van der Waals surface area (Å²) in [4.78, 5) is 20.3. The first-order valence-corrected chi connectivity index (χ1v) is 12.1. The summed E-state index contributed by atoms with van der Waals surface area (Å²) < 4.78 is 12.8. The van der Waals surface area contributed by atoms with Crippen molar-refractivity contribution in [2.75, 3.05) is 32.9 Å². The summed E-state index contributed by atoms with van der Waals surface area (Å²) in [5.74, 6) is -0.221. The van der Waals surface area contributed by atoms with Crippen LogP contribution in [0.25, 0.3) is 11.1 Å². The van der Waals surface area contributed by atoms with Crippen molar-refractivity contribution >= 4 is 18.1 Å². The number of nitrogens with zero attached hydrogens (tertiary/aromatic N) is 5. The number of pyridine rings is 1. The number of allylic oxidation sites excluding steroid dienone is 2. The first kappa shape index (κ1) is 26.4. The molecule has 8 heteroatoms. The lowest BCUT2D eigenvalue weighted by molar-refractivity contribution is 0.113. The van der Waals surface area contributed by atoms with E-state index in [0.717, 1.165) is 66.0 Å².